The standard InChI is InChI=1S/C9H19IN2O3S/c10-3-6-12(7-8-16(13,14)15)9-1-4-11-5-2-9/h9,11H,1-8H2,(H,13,14,15). The van der Waals surface area contributed by atoms with Crippen molar-refractivity contribution in [1.29, 1.82) is 0 Å². The Bertz CT molecular complexity index is 291. The van der Waals surface area contributed by atoms with E-state index in [4.69, 9.17) is 4.55 Å². The minimum Gasteiger partial charge on any atom is -0.317 e. The fourth-order valence-electron chi connectivity index (χ4n) is 1.99. The Morgan fingerprint density at radius 2 is 1.94 bits per heavy atom. The molecule has 96 valence electrons. The molecular weight excluding hydrogens is 343 g/mol. The first-order valence-electron chi connectivity index (χ1n) is 5.49. The normalized spacial score (nSPS) is 19.2. The zero-order valence-corrected chi connectivity index (χ0v) is 12.2. The molecule has 1 fully saturated rings. The second kappa shape index (κ2) is 7.10. The molecule has 0 aromatic carbocycles. The van der Waals surface area contributed by atoms with Crippen LogP contribution in [0, 0.1) is 0 Å². The number of rotatable bonds is 6. The van der Waals surface area contributed by atoms with E-state index < -0.39 is 10.1 Å². The summed E-state index contributed by atoms with van der Waals surface area (Å²) in [7, 11) is -3.84. The van der Waals surface area contributed by atoms with E-state index in [0.29, 0.717) is 12.6 Å². The number of nitrogens with zero attached hydrogens (tertiary/aromatic N) is 1. The maximum Gasteiger partial charge on any atom is 0.266 e. The molecule has 1 aliphatic rings. The average Bonchev–Trinajstić information content (AvgIpc) is 2.24. The van der Waals surface area contributed by atoms with Crippen LogP contribution in [0.3, 0.4) is 0 Å². The summed E-state index contributed by atoms with van der Waals surface area (Å²) in [4.78, 5) is 2.18. The minimum absolute atomic E-state index is 0.159. The molecule has 0 aromatic heterocycles. The lowest BCUT2D eigenvalue weighted by Gasteiger charge is -2.34. The molecule has 5 nitrogen and oxygen atoms in total. The highest BCUT2D eigenvalue weighted by molar-refractivity contribution is 14.1. The number of halogens is 1. The van der Waals surface area contributed by atoms with Gasteiger partial charge in [-0.05, 0) is 25.9 Å². The van der Waals surface area contributed by atoms with E-state index in [1.54, 1.807) is 0 Å². The van der Waals surface area contributed by atoms with Gasteiger partial charge in [0, 0.05) is 23.6 Å². The lowest BCUT2D eigenvalue weighted by atomic mass is 10.1. The molecule has 7 heteroatoms. The smallest absolute Gasteiger partial charge is 0.266 e. The van der Waals surface area contributed by atoms with E-state index >= 15 is 0 Å². The Morgan fingerprint density at radius 1 is 1.31 bits per heavy atom. The van der Waals surface area contributed by atoms with Gasteiger partial charge in [-0.2, -0.15) is 8.42 Å². The number of nitrogens with one attached hydrogen (secondary N) is 1. The van der Waals surface area contributed by atoms with Crippen LogP contribution in [-0.4, -0.2) is 60.3 Å². The van der Waals surface area contributed by atoms with Crippen molar-refractivity contribution in [2.75, 3.05) is 36.4 Å². The van der Waals surface area contributed by atoms with Gasteiger partial charge in [0.25, 0.3) is 10.1 Å². The summed E-state index contributed by atoms with van der Waals surface area (Å²) in [6.07, 6.45) is 2.12. The van der Waals surface area contributed by atoms with E-state index in [1.807, 2.05) is 0 Å². The van der Waals surface area contributed by atoms with Crippen LogP contribution in [0.4, 0.5) is 0 Å². The predicted molar refractivity (Wildman–Crippen MR) is 72.8 cm³/mol. The number of alkyl halides is 1. The summed E-state index contributed by atoms with van der Waals surface area (Å²) in [5, 5.41) is 3.29. The van der Waals surface area contributed by atoms with Crippen molar-refractivity contribution in [3.05, 3.63) is 0 Å². The number of hydrogen-bond acceptors (Lipinski definition) is 4. The molecule has 0 aliphatic carbocycles. The highest BCUT2D eigenvalue weighted by Crippen LogP contribution is 2.12. The summed E-state index contributed by atoms with van der Waals surface area (Å²) in [6, 6.07) is 0.456. The van der Waals surface area contributed by atoms with Gasteiger partial charge in [0.2, 0.25) is 0 Å². The van der Waals surface area contributed by atoms with E-state index in [1.165, 1.54) is 0 Å². The highest BCUT2D eigenvalue weighted by Gasteiger charge is 2.21. The van der Waals surface area contributed by atoms with Gasteiger partial charge in [-0.25, -0.2) is 0 Å². The topological polar surface area (TPSA) is 69.6 Å². The van der Waals surface area contributed by atoms with Gasteiger partial charge in [-0.1, -0.05) is 22.6 Å². The third-order valence-electron chi connectivity index (χ3n) is 2.83. The summed E-state index contributed by atoms with van der Waals surface area (Å²) < 4.78 is 31.2. The van der Waals surface area contributed by atoms with Crippen molar-refractivity contribution in [3.8, 4) is 0 Å². The molecule has 1 heterocycles. The summed E-state index contributed by atoms with van der Waals surface area (Å²) in [5.41, 5.74) is 0. The van der Waals surface area contributed by atoms with Crippen LogP contribution < -0.4 is 5.32 Å². The van der Waals surface area contributed by atoms with E-state index in [-0.39, 0.29) is 5.75 Å². The quantitative estimate of drug-likeness (QED) is 0.406. The molecule has 0 unspecified atom stereocenters. The van der Waals surface area contributed by atoms with Crippen LogP contribution in [-0.2, 0) is 10.1 Å². The Morgan fingerprint density at radius 3 is 2.44 bits per heavy atom. The van der Waals surface area contributed by atoms with Crippen LogP contribution in [0.5, 0.6) is 0 Å². The van der Waals surface area contributed by atoms with Crippen molar-refractivity contribution in [2.24, 2.45) is 0 Å². The molecule has 1 aliphatic heterocycles. The van der Waals surface area contributed by atoms with Gasteiger partial charge < -0.3 is 5.32 Å². The van der Waals surface area contributed by atoms with Gasteiger partial charge in [-0.3, -0.25) is 9.45 Å². The third-order valence-corrected chi connectivity index (χ3v) is 4.01. The average molecular weight is 362 g/mol. The van der Waals surface area contributed by atoms with Gasteiger partial charge in [0.1, 0.15) is 0 Å². The second-order valence-corrected chi connectivity index (χ2v) is 6.64. The van der Waals surface area contributed by atoms with E-state index in [2.05, 4.69) is 32.8 Å². The van der Waals surface area contributed by atoms with Crippen molar-refractivity contribution < 1.29 is 13.0 Å². The monoisotopic (exact) mass is 362 g/mol. The van der Waals surface area contributed by atoms with Crippen molar-refractivity contribution in [3.63, 3.8) is 0 Å². The van der Waals surface area contributed by atoms with Crippen LogP contribution in [0.25, 0.3) is 0 Å². The SMILES string of the molecule is O=S(=O)(O)CCN(CCI)C1CCNCC1. The summed E-state index contributed by atoms with van der Waals surface area (Å²) >= 11 is 2.29. The molecule has 0 spiro atoms. The largest absolute Gasteiger partial charge is 0.317 e. The van der Waals surface area contributed by atoms with E-state index in [0.717, 1.165) is 36.9 Å². The van der Waals surface area contributed by atoms with Gasteiger partial charge in [0.15, 0.2) is 0 Å². The molecule has 0 bridgehead atoms. The first-order chi connectivity index (χ1) is 7.53. The summed E-state index contributed by atoms with van der Waals surface area (Å²) in [6.45, 7) is 3.32. The lowest BCUT2D eigenvalue weighted by Crippen LogP contribution is -2.45. The first-order valence-corrected chi connectivity index (χ1v) is 8.62. The highest BCUT2D eigenvalue weighted by atomic mass is 127. The predicted octanol–water partition coefficient (Wildman–Crippen LogP) is 0.363. The third kappa shape index (κ3) is 5.76. The Kier molecular flexibility index (Phi) is 6.48. The lowest BCUT2D eigenvalue weighted by molar-refractivity contribution is 0.181. The van der Waals surface area contributed by atoms with Gasteiger partial charge in [0.05, 0.1) is 5.75 Å². The number of piperidine rings is 1. The molecule has 0 aromatic rings. The molecular formula is C9H19IN2O3S. The second-order valence-electron chi connectivity index (χ2n) is 3.99. The molecule has 0 atom stereocenters. The molecule has 16 heavy (non-hydrogen) atoms. The first kappa shape index (κ1) is 14.6. The zero-order valence-electron chi connectivity index (χ0n) is 9.23. The molecule has 1 saturated heterocycles. The Labute approximate surface area is 111 Å². The van der Waals surface area contributed by atoms with Crippen LogP contribution in [0.1, 0.15) is 12.8 Å². The summed E-state index contributed by atoms with van der Waals surface area (Å²) in [5.74, 6) is -0.159. The van der Waals surface area contributed by atoms with Crippen LogP contribution >= 0.6 is 22.6 Å². The molecule has 0 radical (unpaired) electrons. The Hall–Kier alpha value is 0.560. The fraction of sp³-hybridized carbons (Fsp3) is 1.00. The van der Waals surface area contributed by atoms with Crippen LogP contribution in [0.15, 0.2) is 0 Å². The maximum absolute atomic E-state index is 10.7. The number of hydrogen-bond donors (Lipinski definition) is 2. The van der Waals surface area contributed by atoms with Crippen molar-refractivity contribution >= 4 is 32.7 Å². The molecule has 2 N–H and O–H groups in total. The molecule has 0 amide bonds. The maximum atomic E-state index is 10.7. The minimum atomic E-state index is -3.84. The van der Waals surface area contributed by atoms with Crippen LogP contribution in [0.2, 0.25) is 0 Å². The van der Waals surface area contributed by atoms with Crippen molar-refractivity contribution in [2.45, 2.75) is 18.9 Å². The van der Waals surface area contributed by atoms with Gasteiger partial charge >= 0.3 is 0 Å². The molecule has 0 saturated carbocycles. The van der Waals surface area contributed by atoms with Gasteiger partial charge in [-0.15, -0.1) is 0 Å². The zero-order chi connectivity index (χ0) is 12.0. The van der Waals surface area contributed by atoms with Crippen molar-refractivity contribution in [1.82, 2.24) is 10.2 Å². The molecule has 1 rings (SSSR count). The Balaban J connectivity index is 2.45. The fourth-order valence-corrected chi connectivity index (χ4v) is 3.07. The van der Waals surface area contributed by atoms with E-state index in [9.17, 15) is 8.42 Å².